The van der Waals surface area contributed by atoms with Crippen LogP contribution in [0, 0.1) is 0 Å². The third-order valence-corrected chi connectivity index (χ3v) is 4.44. The fraction of sp³-hybridized carbons (Fsp3) is 0.385. The average molecular weight is 267 g/mol. The molecule has 2 heterocycles. The van der Waals surface area contributed by atoms with Crippen molar-refractivity contribution in [1.29, 1.82) is 0 Å². The van der Waals surface area contributed by atoms with Crippen molar-refractivity contribution in [2.24, 2.45) is 0 Å². The Morgan fingerprint density at radius 3 is 2.18 bits per heavy atom. The molecule has 0 bridgehead atoms. The van der Waals surface area contributed by atoms with Crippen LogP contribution in [0.4, 0.5) is 0 Å². The van der Waals surface area contributed by atoms with E-state index in [9.17, 15) is 5.11 Å². The van der Waals surface area contributed by atoms with Gasteiger partial charge in [0.15, 0.2) is 0 Å². The molecule has 1 unspecified atom stereocenters. The topological polar surface area (TPSA) is 32.3 Å². The van der Waals surface area contributed by atoms with Crippen LogP contribution < -0.4 is 5.32 Å². The first-order chi connectivity index (χ1) is 8.27. The predicted molar refractivity (Wildman–Crippen MR) is 74.8 cm³/mol. The quantitative estimate of drug-likeness (QED) is 0.842. The Morgan fingerprint density at radius 1 is 1.18 bits per heavy atom. The summed E-state index contributed by atoms with van der Waals surface area (Å²) in [5.41, 5.74) is 0. The van der Waals surface area contributed by atoms with Gasteiger partial charge in [-0.1, -0.05) is 12.1 Å². The normalized spacial score (nSPS) is 13.1. The lowest BCUT2D eigenvalue weighted by Gasteiger charge is -2.16. The van der Waals surface area contributed by atoms with Crippen LogP contribution in [0.2, 0.25) is 0 Å². The summed E-state index contributed by atoms with van der Waals surface area (Å²) in [6.07, 6.45) is 0.544. The average Bonchev–Trinajstić information content (AvgIpc) is 2.97. The summed E-state index contributed by atoms with van der Waals surface area (Å²) in [5, 5.41) is 17.0. The van der Waals surface area contributed by atoms with E-state index in [1.807, 2.05) is 6.92 Å². The van der Waals surface area contributed by atoms with E-state index >= 15 is 0 Å². The molecular weight excluding hydrogens is 250 g/mol. The monoisotopic (exact) mass is 267 g/mol. The molecule has 2 rings (SSSR count). The third kappa shape index (κ3) is 3.64. The molecule has 2 aromatic heterocycles. The van der Waals surface area contributed by atoms with Gasteiger partial charge >= 0.3 is 0 Å². The van der Waals surface area contributed by atoms with Crippen LogP contribution in [-0.4, -0.2) is 17.8 Å². The highest BCUT2D eigenvalue weighted by atomic mass is 32.1. The lowest BCUT2D eigenvalue weighted by atomic mass is 10.2. The summed E-state index contributed by atoms with van der Waals surface area (Å²) in [6.45, 7) is 2.66. The van der Waals surface area contributed by atoms with Gasteiger partial charge in [0.25, 0.3) is 0 Å². The molecule has 2 aromatic rings. The van der Waals surface area contributed by atoms with Crippen molar-refractivity contribution in [3.05, 3.63) is 44.8 Å². The van der Waals surface area contributed by atoms with E-state index in [4.69, 9.17) is 0 Å². The van der Waals surface area contributed by atoms with Crippen LogP contribution in [-0.2, 0) is 0 Å². The Balaban J connectivity index is 2.04. The summed E-state index contributed by atoms with van der Waals surface area (Å²) in [7, 11) is 0. The summed E-state index contributed by atoms with van der Waals surface area (Å²) in [5.74, 6) is 0. The van der Waals surface area contributed by atoms with Crippen LogP contribution in [0.15, 0.2) is 35.0 Å². The molecule has 17 heavy (non-hydrogen) atoms. The third-order valence-electron chi connectivity index (χ3n) is 2.57. The van der Waals surface area contributed by atoms with E-state index in [0.29, 0.717) is 0 Å². The molecular formula is C13H17NOS2. The van der Waals surface area contributed by atoms with Crippen LogP contribution in [0.5, 0.6) is 0 Å². The van der Waals surface area contributed by atoms with Gasteiger partial charge in [0.05, 0.1) is 12.1 Å². The van der Waals surface area contributed by atoms with Gasteiger partial charge in [-0.15, -0.1) is 22.7 Å². The maximum absolute atomic E-state index is 9.29. The highest BCUT2D eigenvalue weighted by Crippen LogP contribution is 2.28. The first kappa shape index (κ1) is 12.8. The summed E-state index contributed by atoms with van der Waals surface area (Å²) >= 11 is 3.54. The molecule has 92 valence electrons. The van der Waals surface area contributed by atoms with Gasteiger partial charge < -0.3 is 10.4 Å². The van der Waals surface area contributed by atoms with Crippen LogP contribution in [0.1, 0.15) is 29.1 Å². The van der Waals surface area contributed by atoms with Gasteiger partial charge in [-0.05, 0) is 42.8 Å². The largest absolute Gasteiger partial charge is 0.393 e. The second kappa shape index (κ2) is 6.31. The summed E-state index contributed by atoms with van der Waals surface area (Å²) in [6, 6.07) is 8.75. The van der Waals surface area contributed by atoms with Crippen molar-refractivity contribution in [1.82, 2.24) is 5.32 Å². The Hall–Kier alpha value is -0.680. The van der Waals surface area contributed by atoms with Gasteiger partial charge in [0.1, 0.15) is 0 Å². The lowest BCUT2D eigenvalue weighted by Crippen LogP contribution is -2.24. The van der Waals surface area contributed by atoms with E-state index in [1.54, 1.807) is 22.7 Å². The fourth-order valence-corrected chi connectivity index (χ4v) is 3.40. The van der Waals surface area contributed by atoms with Crippen molar-refractivity contribution in [2.45, 2.75) is 25.5 Å². The van der Waals surface area contributed by atoms with E-state index < -0.39 is 0 Å². The number of hydrogen-bond acceptors (Lipinski definition) is 4. The van der Waals surface area contributed by atoms with Gasteiger partial charge in [0, 0.05) is 9.75 Å². The number of rotatable bonds is 6. The molecule has 2 N–H and O–H groups in total. The second-order valence-electron chi connectivity index (χ2n) is 4.06. The smallest absolute Gasteiger partial charge is 0.0764 e. The van der Waals surface area contributed by atoms with Crippen molar-refractivity contribution < 1.29 is 5.11 Å². The molecule has 0 aliphatic heterocycles. The Labute approximate surface area is 110 Å². The minimum atomic E-state index is -0.241. The molecule has 0 fully saturated rings. The maximum Gasteiger partial charge on any atom is 0.0764 e. The molecule has 0 saturated heterocycles. The minimum absolute atomic E-state index is 0.241. The Morgan fingerprint density at radius 2 is 1.76 bits per heavy atom. The van der Waals surface area contributed by atoms with E-state index in [0.717, 1.165) is 13.0 Å². The molecule has 1 atom stereocenters. The molecule has 0 radical (unpaired) electrons. The number of hydrogen-bond donors (Lipinski definition) is 2. The highest BCUT2D eigenvalue weighted by molar-refractivity contribution is 7.11. The van der Waals surface area contributed by atoms with Crippen molar-refractivity contribution in [2.75, 3.05) is 6.54 Å². The van der Waals surface area contributed by atoms with Gasteiger partial charge in [-0.3, -0.25) is 0 Å². The number of thiophene rings is 2. The molecule has 2 nitrogen and oxygen atoms in total. The number of aliphatic hydroxyl groups is 1. The molecule has 0 amide bonds. The fourth-order valence-electron chi connectivity index (χ4n) is 1.69. The summed E-state index contributed by atoms with van der Waals surface area (Å²) < 4.78 is 0. The van der Waals surface area contributed by atoms with Crippen molar-refractivity contribution in [3.63, 3.8) is 0 Å². The van der Waals surface area contributed by atoms with Gasteiger partial charge in [-0.25, -0.2) is 0 Å². The van der Waals surface area contributed by atoms with E-state index in [-0.39, 0.29) is 12.1 Å². The molecule has 0 aromatic carbocycles. The molecule has 4 heteroatoms. The van der Waals surface area contributed by atoms with Gasteiger partial charge in [0.2, 0.25) is 0 Å². The highest BCUT2D eigenvalue weighted by Gasteiger charge is 2.15. The zero-order chi connectivity index (χ0) is 12.1. The Kier molecular flexibility index (Phi) is 4.74. The van der Waals surface area contributed by atoms with E-state index in [2.05, 4.69) is 40.3 Å². The van der Waals surface area contributed by atoms with Crippen LogP contribution >= 0.6 is 22.7 Å². The molecule has 0 aliphatic rings. The Bertz CT molecular complexity index is 374. The van der Waals surface area contributed by atoms with Crippen LogP contribution in [0.3, 0.4) is 0 Å². The summed E-state index contributed by atoms with van der Waals surface area (Å²) in [4.78, 5) is 2.66. The van der Waals surface area contributed by atoms with Crippen molar-refractivity contribution >= 4 is 22.7 Å². The SMILES string of the molecule is CC(O)CCNC(c1cccs1)c1cccs1. The molecule has 0 spiro atoms. The zero-order valence-corrected chi connectivity index (χ0v) is 11.4. The predicted octanol–water partition coefficient (Wildman–Crippen LogP) is 3.26. The van der Waals surface area contributed by atoms with Crippen molar-refractivity contribution in [3.8, 4) is 0 Å². The lowest BCUT2D eigenvalue weighted by molar-refractivity contribution is 0.183. The zero-order valence-electron chi connectivity index (χ0n) is 9.80. The number of aliphatic hydroxyl groups excluding tert-OH is 1. The maximum atomic E-state index is 9.29. The first-order valence-corrected chi connectivity index (χ1v) is 7.51. The van der Waals surface area contributed by atoms with Crippen LogP contribution in [0.25, 0.3) is 0 Å². The standard InChI is InChI=1S/C13H17NOS2/c1-10(15)6-7-14-13(11-4-2-8-16-11)12-5-3-9-17-12/h2-5,8-10,13-15H,6-7H2,1H3. The molecule has 0 saturated carbocycles. The second-order valence-corrected chi connectivity index (χ2v) is 6.01. The first-order valence-electron chi connectivity index (χ1n) is 5.75. The number of nitrogens with one attached hydrogen (secondary N) is 1. The minimum Gasteiger partial charge on any atom is -0.393 e. The molecule has 0 aliphatic carbocycles. The van der Waals surface area contributed by atoms with E-state index in [1.165, 1.54) is 9.75 Å². The van der Waals surface area contributed by atoms with Gasteiger partial charge in [-0.2, -0.15) is 0 Å².